The summed E-state index contributed by atoms with van der Waals surface area (Å²) in [5.41, 5.74) is 1.25. The third-order valence-corrected chi connectivity index (χ3v) is 5.19. The van der Waals surface area contributed by atoms with Crippen LogP contribution in [-0.2, 0) is 30.2 Å². The first-order chi connectivity index (χ1) is 15.4. The molecule has 0 atom stereocenters. The zero-order valence-electron chi connectivity index (χ0n) is 20.0. The van der Waals surface area contributed by atoms with E-state index in [-0.39, 0.29) is 11.7 Å². The number of rotatable bonds is 5. The maximum Gasteiger partial charge on any atom is 0.410 e. The van der Waals surface area contributed by atoms with Gasteiger partial charge < -0.3 is 24.4 Å². The number of carbonyl (C=O) groups is 3. The fraction of sp³-hybridized carbons (Fsp3) is 0.542. The average molecular weight is 460 g/mol. The Balaban J connectivity index is 1.44. The van der Waals surface area contributed by atoms with Gasteiger partial charge in [-0.2, -0.15) is 0 Å². The third kappa shape index (κ3) is 7.21. The highest BCUT2D eigenvalue weighted by Crippen LogP contribution is 2.23. The molecule has 180 valence electrons. The lowest BCUT2D eigenvalue weighted by Crippen LogP contribution is -2.50. The van der Waals surface area contributed by atoms with Crippen molar-refractivity contribution in [1.82, 2.24) is 9.80 Å². The predicted octanol–water partition coefficient (Wildman–Crippen LogP) is 2.91. The van der Waals surface area contributed by atoms with Crippen molar-refractivity contribution in [2.24, 2.45) is 0 Å². The zero-order valence-corrected chi connectivity index (χ0v) is 20.0. The number of ether oxygens (including phenoxy) is 3. The predicted molar refractivity (Wildman–Crippen MR) is 122 cm³/mol. The van der Waals surface area contributed by atoms with Gasteiger partial charge in [-0.3, -0.25) is 4.90 Å². The topological polar surface area (TPSA) is 97.4 Å². The highest BCUT2D eigenvalue weighted by atomic mass is 16.7. The van der Waals surface area contributed by atoms with Crippen molar-refractivity contribution in [2.75, 3.05) is 38.0 Å². The molecule has 1 aromatic rings. The summed E-state index contributed by atoms with van der Waals surface area (Å²) in [6.45, 7) is 12.5. The SMILES string of the molecule is CC(C)(C)OC(=O)N1CCN(CCc2ccc(NC=C3C(=O)OC(C)(C)OC3=O)cc2)CC1. The molecule has 0 bridgehead atoms. The Morgan fingerprint density at radius 1 is 1.06 bits per heavy atom. The van der Waals surface area contributed by atoms with Crippen LogP contribution in [0.4, 0.5) is 10.5 Å². The minimum Gasteiger partial charge on any atom is -0.444 e. The minimum absolute atomic E-state index is 0.177. The molecule has 9 nitrogen and oxygen atoms in total. The normalized spacial score (nSPS) is 18.9. The van der Waals surface area contributed by atoms with Crippen LogP contribution in [0.2, 0.25) is 0 Å². The number of esters is 2. The molecular formula is C24H33N3O6. The number of benzene rings is 1. The van der Waals surface area contributed by atoms with Gasteiger partial charge in [0.2, 0.25) is 0 Å². The number of amides is 1. The first kappa shape index (κ1) is 24.6. The molecule has 2 fully saturated rings. The Hall–Kier alpha value is -3.07. The molecule has 2 saturated heterocycles. The van der Waals surface area contributed by atoms with Gasteiger partial charge in [-0.05, 0) is 44.9 Å². The molecule has 1 amide bonds. The number of anilines is 1. The van der Waals surface area contributed by atoms with E-state index in [1.54, 1.807) is 4.90 Å². The van der Waals surface area contributed by atoms with Crippen LogP contribution >= 0.6 is 0 Å². The lowest BCUT2D eigenvalue weighted by atomic mass is 10.1. The Bertz CT molecular complexity index is 887. The van der Waals surface area contributed by atoms with E-state index in [1.807, 2.05) is 45.0 Å². The van der Waals surface area contributed by atoms with E-state index in [9.17, 15) is 14.4 Å². The van der Waals surface area contributed by atoms with Gasteiger partial charge >= 0.3 is 18.0 Å². The van der Waals surface area contributed by atoms with E-state index in [4.69, 9.17) is 14.2 Å². The molecule has 0 spiro atoms. The largest absolute Gasteiger partial charge is 0.444 e. The van der Waals surface area contributed by atoms with Crippen molar-refractivity contribution in [2.45, 2.75) is 52.4 Å². The molecule has 0 aromatic heterocycles. The van der Waals surface area contributed by atoms with Gasteiger partial charge in [0.05, 0.1) is 0 Å². The van der Waals surface area contributed by atoms with Gasteiger partial charge in [0, 0.05) is 58.5 Å². The van der Waals surface area contributed by atoms with Gasteiger partial charge in [-0.15, -0.1) is 0 Å². The van der Waals surface area contributed by atoms with Gasteiger partial charge in [-0.25, -0.2) is 14.4 Å². The number of hydrogen-bond acceptors (Lipinski definition) is 8. The highest BCUT2D eigenvalue weighted by Gasteiger charge is 2.39. The number of hydrogen-bond donors (Lipinski definition) is 1. The summed E-state index contributed by atoms with van der Waals surface area (Å²) in [4.78, 5) is 40.2. The summed E-state index contributed by atoms with van der Waals surface area (Å²) in [6.07, 6.45) is 1.93. The lowest BCUT2D eigenvalue weighted by Gasteiger charge is -2.35. The number of piperazine rings is 1. The van der Waals surface area contributed by atoms with Crippen LogP contribution in [-0.4, -0.2) is 71.9 Å². The second-order valence-corrected chi connectivity index (χ2v) is 9.64. The van der Waals surface area contributed by atoms with E-state index in [0.717, 1.165) is 31.7 Å². The van der Waals surface area contributed by atoms with Gasteiger partial charge in [0.1, 0.15) is 5.60 Å². The Morgan fingerprint density at radius 2 is 1.64 bits per heavy atom. The summed E-state index contributed by atoms with van der Waals surface area (Å²) in [5.74, 6) is -2.69. The van der Waals surface area contributed by atoms with Gasteiger partial charge in [0.25, 0.3) is 5.79 Å². The maximum atomic E-state index is 12.2. The Labute approximate surface area is 194 Å². The van der Waals surface area contributed by atoms with Crippen molar-refractivity contribution in [3.8, 4) is 0 Å². The third-order valence-electron chi connectivity index (χ3n) is 5.19. The molecule has 3 rings (SSSR count). The number of nitrogens with one attached hydrogen (secondary N) is 1. The van der Waals surface area contributed by atoms with E-state index in [2.05, 4.69) is 10.2 Å². The molecule has 0 radical (unpaired) electrons. The molecule has 1 N–H and O–H groups in total. The smallest absolute Gasteiger partial charge is 0.410 e. The van der Waals surface area contributed by atoms with Crippen molar-refractivity contribution >= 4 is 23.7 Å². The number of cyclic esters (lactones) is 2. The van der Waals surface area contributed by atoms with Crippen LogP contribution in [0, 0.1) is 0 Å². The Morgan fingerprint density at radius 3 is 2.18 bits per heavy atom. The summed E-state index contributed by atoms with van der Waals surface area (Å²) >= 11 is 0. The van der Waals surface area contributed by atoms with Gasteiger partial charge in [-0.1, -0.05) is 12.1 Å². The van der Waals surface area contributed by atoms with Crippen molar-refractivity contribution in [1.29, 1.82) is 0 Å². The maximum absolute atomic E-state index is 12.2. The summed E-state index contributed by atoms with van der Waals surface area (Å²) < 4.78 is 15.6. The molecule has 0 aliphatic carbocycles. The molecule has 2 aliphatic rings. The van der Waals surface area contributed by atoms with Crippen LogP contribution in [0.3, 0.4) is 0 Å². The van der Waals surface area contributed by atoms with E-state index >= 15 is 0 Å². The fourth-order valence-electron chi connectivity index (χ4n) is 3.47. The molecule has 0 unspecified atom stereocenters. The summed E-state index contributed by atoms with van der Waals surface area (Å²) in [6, 6.07) is 7.77. The fourth-order valence-corrected chi connectivity index (χ4v) is 3.47. The second kappa shape index (κ2) is 9.82. The van der Waals surface area contributed by atoms with E-state index in [0.29, 0.717) is 13.1 Å². The molecular weight excluding hydrogens is 426 g/mol. The highest BCUT2D eigenvalue weighted by molar-refractivity contribution is 6.15. The Kier molecular flexibility index (Phi) is 7.31. The molecule has 2 aliphatic heterocycles. The van der Waals surface area contributed by atoms with Crippen molar-refractivity contribution in [3.63, 3.8) is 0 Å². The molecule has 0 saturated carbocycles. The standard InChI is InChI=1S/C24H33N3O6/c1-23(2,3)33-22(30)27-14-12-26(13-15-27)11-10-17-6-8-18(9-7-17)25-16-19-20(28)31-24(4,5)32-21(19)29/h6-9,16,25H,10-15H2,1-5H3. The van der Waals surface area contributed by atoms with Crippen LogP contribution < -0.4 is 5.32 Å². The zero-order chi connectivity index (χ0) is 24.2. The number of nitrogens with zero attached hydrogens (tertiary/aromatic N) is 2. The molecule has 33 heavy (non-hydrogen) atoms. The van der Waals surface area contributed by atoms with E-state index < -0.39 is 23.3 Å². The first-order valence-corrected chi connectivity index (χ1v) is 11.1. The summed E-state index contributed by atoms with van der Waals surface area (Å²) in [7, 11) is 0. The molecule has 2 heterocycles. The number of carbonyl (C=O) groups excluding carboxylic acids is 3. The monoisotopic (exact) mass is 459 g/mol. The minimum atomic E-state index is -1.25. The van der Waals surface area contributed by atoms with Crippen LogP contribution in [0.15, 0.2) is 36.0 Å². The van der Waals surface area contributed by atoms with Gasteiger partial charge in [0.15, 0.2) is 5.57 Å². The van der Waals surface area contributed by atoms with Crippen LogP contribution in [0.5, 0.6) is 0 Å². The van der Waals surface area contributed by atoms with Crippen molar-refractivity contribution in [3.05, 3.63) is 41.6 Å². The molecule has 9 heteroatoms. The first-order valence-electron chi connectivity index (χ1n) is 11.1. The van der Waals surface area contributed by atoms with Crippen molar-refractivity contribution < 1.29 is 28.6 Å². The van der Waals surface area contributed by atoms with E-state index in [1.165, 1.54) is 25.6 Å². The quantitative estimate of drug-likeness (QED) is 0.408. The van der Waals surface area contributed by atoms with Crippen LogP contribution in [0.1, 0.15) is 40.2 Å². The second-order valence-electron chi connectivity index (χ2n) is 9.64. The van der Waals surface area contributed by atoms with Crippen LogP contribution in [0.25, 0.3) is 0 Å². The lowest BCUT2D eigenvalue weighted by molar-refractivity contribution is -0.222. The summed E-state index contributed by atoms with van der Waals surface area (Å²) in [5, 5.41) is 2.94. The average Bonchev–Trinajstić information content (AvgIpc) is 2.71. The molecule has 1 aromatic carbocycles.